The molecule has 0 radical (unpaired) electrons. The zero-order chi connectivity index (χ0) is 14.2. The van der Waals surface area contributed by atoms with Gasteiger partial charge in [0.05, 0.1) is 12.8 Å². The molecule has 1 aliphatic carbocycles. The number of rotatable bonds is 5. The summed E-state index contributed by atoms with van der Waals surface area (Å²) in [7, 11) is 0. The Hall–Kier alpha value is -1.59. The Balaban J connectivity index is 1.54. The highest BCUT2D eigenvalue weighted by molar-refractivity contribution is 7.08. The number of hydrogen-bond donors (Lipinski definition) is 2. The van der Waals surface area contributed by atoms with Crippen molar-refractivity contribution in [2.75, 3.05) is 6.54 Å². The van der Waals surface area contributed by atoms with E-state index in [-0.39, 0.29) is 24.3 Å². The molecule has 0 bridgehead atoms. The number of thiophene rings is 1. The van der Waals surface area contributed by atoms with Crippen molar-refractivity contribution in [3.8, 4) is 0 Å². The number of carbonyl (C=O) groups is 1. The molecule has 1 aliphatic rings. The Morgan fingerprint density at radius 1 is 1.60 bits per heavy atom. The summed E-state index contributed by atoms with van der Waals surface area (Å²) in [6.07, 6.45) is 2.45. The third-order valence-corrected chi connectivity index (χ3v) is 4.47. The summed E-state index contributed by atoms with van der Waals surface area (Å²) in [5.74, 6) is 1.02. The highest BCUT2D eigenvalue weighted by Crippen LogP contribution is 2.47. The second-order valence-electron chi connectivity index (χ2n) is 5.47. The lowest BCUT2D eigenvalue weighted by Gasteiger charge is -2.22. The van der Waals surface area contributed by atoms with E-state index >= 15 is 0 Å². The van der Waals surface area contributed by atoms with Crippen molar-refractivity contribution < 1.29 is 14.3 Å². The molecule has 3 unspecified atom stereocenters. The monoisotopic (exact) mass is 291 g/mol. The second kappa shape index (κ2) is 5.07. The number of aliphatic hydroxyl groups is 1. The molecule has 1 saturated carbocycles. The molecule has 1 fully saturated rings. The molecule has 1 amide bonds. The first-order chi connectivity index (χ1) is 9.58. The molecule has 20 heavy (non-hydrogen) atoms. The van der Waals surface area contributed by atoms with Crippen LogP contribution in [0.3, 0.4) is 0 Å². The fourth-order valence-corrected chi connectivity index (χ4v) is 3.15. The molecule has 2 heterocycles. The summed E-state index contributed by atoms with van der Waals surface area (Å²) in [5.41, 5.74) is -0.189. The van der Waals surface area contributed by atoms with Gasteiger partial charge in [-0.15, -0.1) is 0 Å². The molecule has 0 aromatic carbocycles. The predicted molar refractivity (Wildman–Crippen MR) is 76.5 cm³/mol. The minimum absolute atomic E-state index is 0.0121. The van der Waals surface area contributed by atoms with Crippen LogP contribution < -0.4 is 5.32 Å². The molecular formula is C15H17NO3S. The third kappa shape index (κ3) is 2.64. The number of hydrogen-bond acceptors (Lipinski definition) is 4. The summed E-state index contributed by atoms with van der Waals surface area (Å²) in [6.45, 7) is 1.94. The van der Waals surface area contributed by atoms with E-state index in [0.29, 0.717) is 0 Å². The molecule has 2 aromatic rings. The molecule has 0 saturated heterocycles. The van der Waals surface area contributed by atoms with Crippen LogP contribution in [0, 0.1) is 5.92 Å². The van der Waals surface area contributed by atoms with Gasteiger partial charge < -0.3 is 14.8 Å². The van der Waals surface area contributed by atoms with Crippen molar-refractivity contribution in [1.82, 2.24) is 5.32 Å². The van der Waals surface area contributed by atoms with Crippen LogP contribution in [0.15, 0.2) is 39.6 Å². The van der Waals surface area contributed by atoms with E-state index in [1.807, 2.05) is 29.0 Å². The molecule has 4 nitrogen and oxygen atoms in total. The van der Waals surface area contributed by atoms with Crippen LogP contribution in [0.5, 0.6) is 0 Å². The maximum absolute atomic E-state index is 12.1. The smallest absolute Gasteiger partial charge is 0.223 e. The summed E-state index contributed by atoms with van der Waals surface area (Å²) >= 11 is 1.53. The molecule has 5 heteroatoms. The first kappa shape index (κ1) is 13.4. The largest absolute Gasteiger partial charge is 0.469 e. The zero-order valence-electron chi connectivity index (χ0n) is 11.2. The van der Waals surface area contributed by atoms with Crippen molar-refractivity contribution in [3.05, 3.63) is 46.5 Å². The average molecular weight is 291 g/mol. The first-order valence-corrected chi connectivity index (χ1v) is 7.58. The number of carbonyl (C=O) groups excluding carboxylic acids is 1. The van der Waals surface area contributed by atoms with E-state index in [2.05, 4.69) is 5.32 Å². The lowest BCUT2D eigenvalue weighted by molar-refractivity contribution is -0.123. The van der Waals surface area contributed by atoms with Crippen molar-refractivity contribution in [2.45, 2.75) is 24.9 Å². The molecule has 3 atom stereocenters. The van der Waals surface area contributed by atoms with E-state index in [1.165, 1.54) is 11.3 Å². The van der Waals surface area contributed by atoms with Gasteiger partial charge in [0, 0.05) is 11.8 Å². The topological polar surface area (TPSA) is 62.5 Å². The van der Waals surface area contributed by atoms with Crippen molar-refractivity contribution >= 4 is 17.2 Å². The minimum atomic E-state index is -1.02. The lowest BCUT2D eigenvalue weighted by atomic mass is 9.99. The van der Waals surface area contributed by atoms with Gasteiger partial charge in [0.1, 0.15) is 11.4 Å². The highest BCUT2D eigenvalue weighted by atomic mass is 32.1. The van der Waals surface area contributed by atoms with Gasteiger partial charge in [0.25, 0.3) is 0 Å². The van der Waals surface area contributed by atoms with Crippen LogP contribution in [-0.4, -0.2) is 17.6 Å². The Bertz CT molecular complexity index is 574. The molecule has 2 N–H and O–H groups in total. The summed E-state index contributed by atoms with van der Waals surface area (Å²) in [6, 6.07) is 5.61. The molecular weight excluding hydrogens is 274 g/mol. The van der Waals surface area contributed by atoms with Gasteiger partial charge >= 0.3 is 0 Å². The van der Waals surface area contributed by atoms with Crippen LogP contribution >= 0.6 is 11.3 Å². The number of amides is 1. The molecule has 0 aliphatic heterocycles. The molecule has 3 rings (SSSR count). The molecule has 0 spiro atoms. The van der Waals surface area contributed by atoms with E-state index in [4.69, 9.17) is 4.42 Å². The SMILES string of the molecule is CC(O)(CNC(=O)C1CC1c1ccco1)c1ccsc1. The first-order valence-electron chi connectivity index (χ1n) is 6.64. The van der Waals surface area contributed by atoms with Crippen LogP contribution in [0.25, 0.3) is 0 Å². The second-order valence-corrected chi connectivity index (χ2v) is 6.25. The van der Waals surface area contributed by atoms with Gasteiger partial charge in [0.2, 0.25) is 5.91 Å². The maximum atomic E-state index is 12.1. The Morgan fingerprint density at radius 3 is 3.10 bits per heavy atom. The van der Waals surface area contributed by atoms with Crippen molar-refractivity contribution in [2.24, 2.45) is 5.92 Å². The van der Waals surface area contributed by atoms with Crippen LogP contribution in [0.4, 0.5) is 0 Å². The fraction of sp³-hybridized carbons (Fsp3) is 0.400. The lowest BCUT2D eigenvalue weighted by Crippen LogP contribution is -2.39. The van der Waals surface area contributed by atoms with Crippen molar-refractivity contribution in [1.29, 1.82) is 0 Å². The highest BCUT2D eigenvalue weighted by Gasteiger charge is 2.46. The van der Waals surface area contributed by atoms with Crippen LogP contribution in [0.1, 0.15) is 30.6 Å². The quantitative estimate of drug-likeness (QED) is 0.889. The van der Waals surface area contributed by atoms with E-state index < -0.39 is 5.60 Å². The van der Waals surface area contributed by atoms with Gasteiger partial charge in [-0.2, -0.15) is 11.3 Å². The normalized spacial score (nSPS) is 24.1. The molecule has 2 aromatic heterocycles. The zero-order valence-corrected chi connectivity index (χ0v) is 12.0. The number of furan rings is 1. The Labute approximate surface area is 121 Å². The summed E-state index contributed by atoms with van der Waals surface area (Å²) in [5, 5.41) is 17.0. The van der Waals surface area contributed by atoms with E-state index in [9.17, 15) is 9.90 Å². The fourth-order valence-electron chi connectivity index (χ4n) is 2.36. The van der Waals surface area contributed by atoms with Gasteiger partial charge in [-0.3, -0.25) is 4.79 Å². The summed E-state index contributed by atoms with van der Waals surface area (Å²) < 4.78 is 5.31. The summed E-state index contributed by atoms with van der Waals surface area (Å²) in [4.78, 5) is 12.1. The van der Waals surface area contributed by atoms with Gasteiger partial charge in [-0.25, -0.2) is 0 Å². The minimum Gasteiger partial charge on any atom is -0.469 e. The Morgan fingerprint density at radius 2 is 2.45 bits per heavy atom. The van der Waals surface area contributed by atoms with Gasteiger partial charge in [0.15, 0.2) is 0 Å². The van der Waals surface area contributed by atoms with Gasteiger partial charge in [-0.05, 0) is 47.9 Å². The Kier molecular flexibility index (Phi) is 3.40. The maximum Gasteiger partial charge on any atom is 0.223 e. The van der Waals surface area contributed by atoms with Crippen LogP contribution in [0.2, 0.25) is 0 Å². The standard InChI is InChI=1S/C15H17NO3S/c1-15(18,10-4-6-20-8-10)9-16-14(17)12-7-11(12)13-3-2-5-19-13/h2-6,8,11-12,18H,7,9H2,1H3,(H,16,17). The average Bonchev–Trinajstić information content (AvgIpc) is 2.90. The predicted octanol–water partition coefficient (Wildman–Crippen LogP) is 2.47. The van der Waals surface area contributed by atoms with E-state index in [1.54, 1.807) is 13.2 Å². The van der Waals surface area contributed by atoms with Crippen molar-refractivity contribution in [3.63, 3.8) is 0 Å². The molecule has 106 valence electrons. The van der Waals surface area contributed by atoms with Crippen LogP contribution in [-0.2, 0) is 10.4 Å². The van der Waals surface area contributed by atoms with E-state index in [0.717, 1.165) is 17.7 Å². The van der Waals surface area contributed by atoms with Gasteiger partial charge in [-0.1, -0.05) is 0 Å². The number of nitrogens with one attached hydrogen (secondary N) is 1. The third-order valence-electron chi connectivity index (χ3n) is 3.79.